The zero-order chi connectivity index (χ0) is 8.85. The van der Waals surface area contributed by atoms with Crippen molar-refractivity contribution in [1.29, 1.82) is 0 Å². The Morgan fingerprint density at radius 1 is 1.36 bits per heavy atom. The van der Waals surface area contributed by atoms with Gasteiger partial charge in [0.15, 0.2) is 0 Å². The Morgan fingerprint density at radius 3 is 2.27 bits per heavy atom. The summed E-state index contributed by atoms with van der Waals surface area (Å²) in [5.74, 6) is -0.882. The highest BCUT2D eigenvalue weighted by molar-refractivity contribution is 6.35. The Kier molecular flexibility index (Phi) is 3.87. The fraction of sp³-hybridized carbons (Fsp3) is 0.500. The first-order valence-electron chi connectivity index (χ1n) is 2.97. The Labute approximate surface area is 64.4 Å². The first-order chi connectivity index (χ1) is 5.07. The van der Waals surface area contributed by atoms with Gasteiger partial charge >= 0.3 is 5.97 Å². The highest BCUT2D eigenvalue weighted by atomic mass is 16.5. The van der Waals surface area contributed by atoms with Crippen molar-refractivity contribution < 1.29 is 14.3 Å². The van der Waals surface area contributed by atoms with Crippen LogP contribution < -0.4 is 5.43 Å². The molecule has 0 aliphatic carbocycles. The van der Waals surface area contributed by atoms with Crippen LogP contribution in [0.25, 0.3) is 0 Å². The third-order valence-corrected chi connectivity index (χ3v) is 0.862. The summed E-state index contributed by atoms with van der Waals surface area (Å²) in [5, 5.41) is 3.44. The highest BCUT2D eigenvalue weighted by Gasteiger charge is 2.03. The second-order valence-electron chi connectivity index (χ2n) is 1.86. The van der Waals surface area contributed by atoms with E-state index in [4.69, 9.17) is 0 Å². The molecule has 0 saturated carbocycles. The number of nitrogens with one attached hydrogen (secondary N) is 1. The van der Waals surface area contributed by atoms with E-state index in [9.17, 15) is 9.59 Å². The number of esters is 1. The largest absolute Gasteiger partial charge is 0.464 e. The van der Waals surface area contributed by atoms with Crippen LogP contribution in [0, 0.1) is 0 Å². The lowest BCUT2D eigenvalue weighted by molar-refractivity contribution is -0.132. The van der Waals surface area contributed by atoms with E-state index in [-0.39, 0.29) is 11.6 Å². The van der Waals surface area contributed by atoms with Crippen molar-refractivity contribution in [3.05, 3.63) is 0 Å². The molecule has 5 nitrogen and oxygen atoms in total. The molecule has 0 heterocycles. The van der Waals surface area contributed by atoms with Crippen molar-refractivity contribution in [3.63, 3.8) is 0 Å². The van der Waals surface area contributed by atoms with E-state index in [1.165, 1.54) is 21.0 Å². The van der Waals surface area contributed by atoms with Gasteiger partial charge in [0.05, 0.1) is 7.11 Å². The van der Waals surface area contributed by atoms with Crippen LogP contribution in [0.1, 0.15) is 13.8 Å². The van der Waals surface area contributed by atoms with Gasteiger partial charge in [0.25, 0.3) is 0 Å². The Hall–Kier alpha value is -1.39. The summed E-state index contributed by atoms with van der Waals surface area (Å²) in [7, 11) is 1.25. The summed E-state index contributed by atoms with van der Waals surface area (Å²) >= 11 is 0. The molecule has 0 aliphatic heterocycles. The number of hydrogen-bond acceptors (Lipinski definition) is 4. The highest BCUT2D eigenvalue weighted by Crippen LogP contribution is 1.79. The number of rotatable bonds is 2. The van der Waals surface area contributed by atoms with E-state index < -0.39 is 5.97 Å². The number of nitrogens with zero attached hydrogens (tertiary/aromatic N) is 1. The van der Waals surface area contributed by atoms with Crippen molar-refractivity contribution >= 4 is 17.6 Å². The summed E-state index contributed by atoms with van der Waals surface area (Å²) < 4.78 is 4.32. The molecule has 62 valence electrons. The number of carbonyl (C=O) groups is 2. The van der Waals surface area contributed by atoms with E-state index in [2.05, 4.69) is 15.3 Å². The van der Waals surface area contributed by atoms with E-state index >= 15 is 0 Å². The van der Waals surface area contributed by atoms with E-state index in [0.29, 0.717) is 0 Å². The van der Waals surface area contributed by atoms with Crippen LogP contribution in [0.5, 0.6) is 0 Å². The number of carbonyl (C=O) groups excluding carboxylic acids is 2. The van der Waals surface area contributed by atoms with Crippen molar-refractivity contribution in [1.82, 2.24) is 5.43 Å². The second-order valence-corrected chi connectivity index (χ2v) is 1.86. The summed E-state index contributed by atoms with van der Waals surface area (Å²) in [5.41, 5.74) is 2.22. The van der Waals surface area contributed by atoms with Crippen LogP contribution in [0.15, 0.2) is 5.10 Å². The predicted octanol–water partition coefficient (Wildman–Crippen LogP) is -0.329. The molecule has 11 heavy (non-hydrogen) atoms. The molecule has 0 fully saturated rings. The molecule has 0 bridgehead atoms. The monoisotopic (exact) mass is 158 g/mol. The molecule has 0 unspecified atom stereocenters. The molecule has 0 spiro atoms. The van der Waals surface area contributed by atoms with Gasteiger partial charge in [-0.15, -0.1) is 0 Å². The van der Waals surface area contributed by atoms with Gasteiger partial charge in [-0.25, -0.2) is 10.2 Å². The van der Waals surface area contributed by atoms with Gasteiger partial charge in [0.1, 0.15) is 5.71 Å². The third-order valence-electron chi connectivity index (χ3n) is 0.862. The number of hydrogen-bond donors (Lipinski definition) is 1. The molecular formula is C6H10N2O3. The van der Waals surface area contributed by atoms with Crippen LogP contribution in [-0.4, -0.2) is 24.7 Å². The van der Waals surface area contributed by atoms with Crippen molar-refractivity contribution in [2.75, 3.05) is 7.11 Å². The number of hydrazone groups is 1. The molecule has 0 aromatic rings. The van der Waals surface area contributed by atoms with Crippen LogP contribution >= 0.6 is 0 Å². The maximum Gasteiger partial charge on any atom is 0.353 e. The zero-order valence-electron chi connectivity index (χ0n) is 6.67. The molecule has 0 aliphatic rings. The molecule has 0 atom stereocenters. The van der Waals surface area contributed by atoms with Crippen LogP contribution in [-0.2, 0) is 14.3 Å². The van der Waals surface area contributed by atoms with E-state index in [0.717, 1.165) is 0 Å². The number of ether oxygens (including phenoxy) is 1. The lowest BCUT2D eigenvalue weighted by Crippen LogP contribution is -2.19. The fourth-order valence-corrected chi connectivity index (χ4v) is 0.356. The summed E-state index contributed by atoms with van der Waals surface area (Å²) in [6, 6.07) is 0. The van der Waals surface area contributed by atoms with E-state index in [1.807, 2.05) is 0 Å². The summed E-state index contributed by atoms with van der Waals surface area (Å²) in [4.78, 5) is 20.9. The van der Waals surface area contributed by atoms with Crippen molar-refractivity contribution in [2.24, 2.45) is 5.10 Å². The van der Waals surface area contributed by atoms with Gasteiger partial charge < -0.3 is 4.74 Å². The Balaban J connectivity index is 4.00. The first kappa shape index (κ1) is 9.61. The third kappa shape index (κ3) is 4.07. The van der Waals surface area contributed by atoms with Crippen molar-refractivity contribution in [2.45, 2.75) is 13.8 Å². The molecule has 1 N–H and O–H groups in total. The number of amides is 1. The maximum atomic E-state index is 10.6. The first-order valence-corrected chi connectivity index (χ1v) is 2.97. The van der Waals surface area contributed by atoms with Crippen LogP contribution in [0.3, 0.4) is 0 Å². The minimum absolute atomic E-state index is 0.114. The zero-order valence-corrected chi connectivity index (χ0v) is 6.67. The average Bonchev–Trinajstić information content (AvgIpc) is 1.98. The van der Waals surface area contributed by atoms with Gasteiger partial charge in [-0.3, -0.25) is 4.79 Å². The molecule has 0 saturated heterocycles. The summed E-state index contributed by atoms with van der Waals surface area (Å²) in [6.45, 7) is 2.75. The lowest BCUT2D eigenvalue weighted by atomic mass is 10.4. The minimum atomic E-state index is -0.557. The van der Waals surface area contributed by atoms with Gasteiger partial charge in [0, 0.05) is 6.92 Å². The van der Waals surface area contributed by atoms with Gasteiger partial charge in [0.2, 0.25) is 5.91 Å². The average molecular weight is 158 g/mol. The lowest BCUT2D eigenvalue weighted by Gasteiger charge is -1.96. The van der Waals surface area contributed by atoms with Crippen molar-refractivity contribution in [3.8, 4) is 0 Å². The topological polar surface area (TPSA) is 67.8 Å². The predicted molar refractivity (Wildman–Crippen MR) is 38.9 cm³/mol. The summed E-state index contributed by atoms with van der Waals surface area (Å²) in [6.07, 6.45) is 0. The molecular weight excluding hydrogens is 148 g/mol. The van der Waals surface area contributed by atoms with Gasteiger partial charge in [-0.2, -0.15) is 5.10 Å². The molecule has 0 radical (unpaired) electrons. The van der Waals surface area contributed by atoms with Gasteiger partial charge in [-0.05, 0) is 6.92 Å². The molecule has 0 aromatic heterocycles. The Morgan fingerprint density at radius 2 is 1.91 bits per heavy atom. The molecule has 0 aromatic carbocycles. The fourth-order valence-electron chi connectivity index (χ4n) is 0.356. The van der Waals surface area contributed by atoms with Crippen LogP contribution in [0.2, 0.25) is 0 Å². The SMILES string of the molecule is COC(=O)C(C)=NNC(C)=O. The maximum absolute atomic E-state index is 10.6. The Bertz CT molecular complexity index is 198. The standard InChI is InChI=1S/C6H10N2O3/c1-4(6(10)11-3)7-8-5(2)9/h1-3H3,(H,8,9). The van der Waals surface area contributed by atoms with Crippen LogP contribution in [0.4, 0.5) is 0 Å². The number of methoxy groups -OCH3 is 1. The second kappa shape index (κ2) is 4.43. The smallest absolute Gasteiger partial charge is 0.353 e. The normalized spacial score (nSPS) is 10.6. The quantitative estimate of drug-likeness (QED) is 0.340. The molecule has 0 rings (SSSR count). The molecule has 5 heteroatoms. The molecule has 1 amide bonds. The van der Waals surface area contributed by atoms with Gasteiger partial charge in [-0.1, -0.05) is 0 Å². The minimum Gasteiger partial charge on any atom is -0.464 e. The van der Waals surface area contributed by atoms with E-state index in [1.54, 1.807) is 0 Å².